The molecular weight excluding hydrogens is 315 g/mol. The fourth-order valence-electron chi connectivity index (χ4n) is 2.23. The molecule has 1 aromatic rings. The molecule has 0 saturated carbocycles. The zero-order valence-corrected chi connectivity index (χ0v) is 11.9. The first-order chi connectivity index (χ1) is 7.63. The minimum Gasteiger partial charge on any atom is -0.340 e. The first-order valence-corrected chi connectivity index (χ1v) is 6.58. The smallest absolute Gasteiger partial charge is 0.225 e. The highest BCUT2D eigenvalue weighted by Gasteiger charge is 2.34. The van der Waals surface area contributed by atoms with Crippen molar-refractivity contribution in [1.29, 1.82) is 0 Å². The summed E-state index contributed by atoms with van der Waals surface area (Å²) in [5.74, 6) is 0.861. The van der Waals surface area contributed by atoms with Gasteiger partial charge in [-0.3, -0.25) is 0 Å². The number of hydrogen-bond acceptors (Lipinski definition) is 4. The lowest BCUT2D eigenvalue weighted by Gasteiger charge is -2.24. The minimum absolute atomic E-state index is 0.348. The maximum Gasteiger partial charge on any atom is 0.225 e. The number of halogens is 1. The van der Waals surface area contributed by atoms with E-state index in [2.05, 4.69) is 49.7 Å². The lowest BCUT2D eigenvalue weighted by molar-refractivity contribution is 0.355. The van der Waals surface area contributed by atoms with Crippen LogP contribution in [0.4, 0.5) is 5.95 Å². The van der Waals surface area contributed by atoms with Gasteiger partial charge in [-0.25, -0.2) is 9.97 Å². The maximum atomic E-state index is 4.37. The molecule has 0 bridgehead atoms. The van der Waals surface area contributed by atoms with E-state index in [0.29, 0.717) is 5.41 Å². The van der Waals surface area contributed by atoms with Crippen LogP contribution in [0.1, 0.15) is 13.3 Å². The molecule has 5 heteroatoms. The summed E-state index contributed by atoms with van der Waals surface area (Å²) in [4.78, 5) is 11.0. The van der Waals surface area contributed by atoms with Crippen molar-refractivity contribution in [3.8, 4) is 0 Å². The highest BCUT2D eigenvalue weighted by atomic mass is 127. The lowest BCUT2D eigenvalue weighted by atomic mass is 9.90. The highest BCUT2D eigenvalue weighted by Crippen LogP contribution is 2.30. The summed E-state index contributed by atoms with van der Waals surface area (Å²) in [6.45, 7) is 5.46. The Labute approximate surface area is 110 Å². The van der Waals surface area contributed by atoms with Gasteiger partial charge in [0, 0.05) is 35.6 Å². The van der Waals surface area contributed by atoms with Gasteiger partial charge in [0.15, 0.2) is 0 Å². The van der Waals surface area contributed by atoms with Crippen molar-refractivity contribution < 1.29 is 0 Å². The molecule has 1 atom stereocenters. The third-order valence-corrected chi connectivity index (χ3v) is 3.61. The zero-order chi connectivity index (χ0) is 11.6. The number of nitrogens with one attached hydrogen (secondary N) is 1. The van der Waals surface area contributed by atoms with Crippen LogP contribution in [0.2, 0.25) is 0 Å². The molecule has 88 valence electrons. The van der Waals surface area contributed by atoms with Crippen LogP contribution in [0.5, 0.6) is 0 Å². The quantitative estimate of drug-likeness (QED) is 0.852. The Morgan fingerprint density at radius 2 is 2.19 bits per heavy atom. The average Bonchev–Trinajstić information content (AvgIpc) is 2.62. The highest BCUT2D eigenvalue weighted by molar-refractivity contribution is 14.1. The normalized spacial score (nSPS) is 25.1. The third-order valence-electron chi connectivity index (χ3n) is 3.05. The molecule has 0 radical (unpaired) electrons. The number of rotatable bonds is 3. The van der Waals surface area contributed by atoms with Crippen molar-refractivity contribution >= 4 is 28.5 Å². The van der Waals surface area contributed by atoms with E-state index in [9.17, 15) is 0 Å². The summed E-state index contributed by atoms with van der Waals surface area (Å²) in [7, 11) is 2.01. The van der Waals surface area contributed by atoms with Crippen molar-refractivity contribution in [2.24, 2.45) is 5.41 Å². The molecule has 1 saturated heterocycles. The largest absolute Gasteiger partial charge is 0.340 e. The molecule has 0 spiro atoms. The van der Waals surface area contributed by atoms with Crippen LogP contribution in [0.15, 0.2) is 12.4 Å². The summed E-state index contributed by atoms with van der Waals surface area (Å²) in [6, 6.07) is 0. The molecule has 1 aliphatic heterocycles. The van der Waals surface area contributed by atoms with Crippen LogP contribution in [0.25, 0.3) is 0 Å². The van der Waals surface area contributed by atoms with E-state index in [-0.39, 0.29) is 0 Å². The molecular formula is C11H17IN4. The van der Waals surface area contributed by atoms with E-state index < -0.39 is 0 Å². The molecule has 0 amide bonds. The van der Waals surface area contributed by atoms with E-state index in [0.717, 1.165) is 29.2 Å². The number of hydrogen-bond donors (Lipinski definition) is 1. The minimum atomic E-state index is 0.348. The lowest BCUT2D eigenvalue weighted by Crippen LogP contribution is -2.33. The second-order valence-corrected chi connectivity index (χ2v) is 5.96. The molecule has 0 aromatic carbocycles. The van der Waals surface area contributed by atoms with E-state index in [1.165, 1.54) is 6.42 Å². The fraction of sp³-hybridized carbons (Fsp3) is 0.636. The Balaban J connectivity index is 2.06. The van der Waals surface area contributed by atoms with Crippen molar-refractivity contribution in [1.82, 2.24) is 15.3 Å². The summed E-state index contributed by atoms with van der Waals surface area (Å²) in [5, 5.41) is 3.26. The van der Waals surface area contributed by atoms with Crippen LogP contribution in [-0.2, 0) is 0 Å². The van der Waals surface area contributed by atoms with Gasteiger partial charge in [0.25, 0.3) is 0 Å². The van der Waals surface area contributed by atoms with Gasteiger partial charge in [-0.1, -0.05) is 6.92 Å². The number of anilines is 1. The SMILES string of the molecule is CNCC1(C)CCN(c2ncc(I)cn2)C1. The van der Waals surface area contributed by atoms with E-state index >= 15 is 0 Å². The molecule has 1 aromatic heterocycles. The molecule has 1 N–H and O–H groups in total. The molecule has 16 heavy (non-hydrogen) atoms. The van der Waals surface area contributed by atoms with Gasteiger partial charge in [-0.15, -0.1) is 0 Å². The molecule has 2 rings (SSSR count). The number of aromatic nitrogens is 2. The Hall–Kier alpha value is -0.430. The summed E-state index contributed by atoms with van der Waals surface area (Å²) in [5.41, 5.74) is 0.348. The zero-order valence-electron chi connectivity index (χ0n) is 9.70. The van der Waals surface area contributed by atoms with Gasteiger partial charge >= 0.3 is 0 Å². The van der Waals surface area contributed by atoms with Crippen LogP contribution in [0.3, 0.4) is 0 Å². The van der Waals surface area contributed by atoms with Crippen LogP contribution >= 0.6 is 22.6 Å². The molecule has 4 nitrogen and oxygen atoms in total. The van der Waals surface area contributed by atoms with Crippen molar-refractivity contribution in [3.05, 3.63) is 16.0 Å². The third kappa shape index (κ3) is 2.63. The summed E-state index contributed by atoms with van der Waals surface area (Å²) in [6.07, 6.45) is 4.94. The Morgan fingerprint density at radius 3 is 2.81 bits per heavy atom. The summed E-state index contributed by atoms with van der Waals surface area (Å²) < 4.78 is 1.08. The predicted molar refractivity (Wildman–Crippen MR) is 73.6 cm³/mol. The Kier molecular flexibility index (Phi) is 3.63. The van der Waals surface area contributed by atoms with Crippen molar-refractivity contribution in [2.75, 3.05) is 31.6 Å². The molecule has 1 unspecified atom stereocenters. The van der Waals surface area contributed by atoms with Crippen LogP contribution in [0, 0.1) is 8.99 Å². The molecule has 0 aliphatic carbocycles. The van der Waals surface area contributed by atoms with Crippen molar-refractivity contribution in [3.63, 3.8) is 0 Å². The molecule has 1 aliphatic rings. The van der Waals surface area contributed by atoms with Gasteiger partial charge in [0.05, 0.1) is 0 Å². The van der Waals surface area contributed by atoms with Crippen LogP contribution in [-0.4, -0.2) is 36.6 Å². The second kappa shape index (κ2) is 4.83. The fourth-order valence-corrected chi connectivity index (χ4v) is 2.51. The van der Waals surface area contributed by atoms with Gasteiger partial charge in [-0.2, -0.15) is 0 Å². The van der Waals surface area contributed by atoms with E-state index in [4.69, 9.17) is 0 Å². The first-order valence-electron chi connectivity index (χ1n) is 5.50. The standard InChI is InChI=1S/C11H17IN4/c1-11(7-13-2)3-4-16(8-11)10-14-5-9(12)6-15-10/h5-6,13H,3-4,7-8H2,1-2H3. The van der Waals surface area contributed by atoms with Gasteiger partial charge in [0.1, 0.15) is 0 Å². The summed E-state index contributed by atoms with van der Waals surface area (Å²) >= 11 is 2.23. The Bertz CT molecular complexity index is 354. The average molecular weight is 332 g/mol. The van der Waals surface area contributed by atoms with E-state index in [1.807, 2.05) is 19.4 Å². The monoisotopic (exact) mass is 332 g/mol. The van der Waals surface area contributed by atoms with Gasteiger partial charge < -0.3 is 10.2 Å². The van der Waals surface area contributed by atoms with E-state index in [1.54, 1.807) is 0 Å². The number of nitrogens with zero attached hydrogens (tertiary/aromatic N) is 3. The second-order valence-electron chi connectivity index (χ2n) is 4.71. The van der Waals surface area contributed by atoms with Crippen molar-refractivity contribution in [2.45, 2.75) is 13.3 Å². The Morgan fingerprint density at radius 1 is 1.50 bits per heavy atom. The van der Waals surface area contributed by atoms with Gasteiger partial charge in [0.2, 0.25) is 5.95 Å². The molecule has 2 heterocycles. The van der Waals surface area contributed by atoms with Crippen LogP contribution < -0.4 is 10.2 Å². The topological polar surface area (TPSA) is 41.0 Å². The predicted octanol–water partition coefficient (Wildman–Crippen LogP) is 1.52. The molecule has 1 fully saturated rings. The maximum absolute atomic E-state index is 4.37. The first kappa shape index (κ1) is 12.0. The van der Waals surface area contributed by atoms with Gasteiger partial charge in [-0.05, 0) is 41.5 Å².